The molecular weight excluding hydrogens is 372 g/mol. The molecule has 0 radical (unpaired) electrons. The third-order valence-corrected chi connectivity index (χ3v) is 4.33. The van der Waals surface area contributed by atoms with Gasteiger partial charge in [0.2, 0.25) is 5.91 Å². The Morgan fingerprint density at radius 3 is 2.43 bits per heavy atom. The van der Waals surface area contributed by atoms with Crippen molar-refractivity contribution >= 4 is 29.2 Å². The number of thiocarbonyl (C=S) groups is 1. The molecule has 6 heteroatoms. The third-order valence-electron chi connectivity index (χ3n) is 4.00. The van der Waals surface area contributed by atoms with E-state index in [0.717, 1.165) is 12.0 Å². The Balaban J connectivity index is 1.92. The molecule has 0 aliphatic rings. The molecule has 0 aliphatic heterocycles. The van der Waals surface area contributed by atoms with Crippen LogP contribution < -0.4 is 15.5 Å². The third kappa shape index (κ3) is 7.50. The second kappa shape index (κ2) is 11.2. The summed E-state index contributed by atoms with van der Waals surface area (Å²) in [5, 5.41) is 11.9. The lowest BCUT2D eigenvalue weighted by Gasteiger charge is -2.20. The molecule has 2 aromatic carbocycles. The Morgan fingerprint density at radius 1 is 1.14 bits per heavy atom. The minimum atomic E-state index is -0.146. The molecule has 0 saturated heterocycles. The molecule has 3 N–H and O–H groups in total. The van der Waals surface area contributed by atoms with Crippen LogP contribution in [-0.4, -0.2) is 28.8 Å². The van der Waals surface area contributed by atoms with Crippen LogP contribution in [0.25, 0.3) is 6.08 Å². The molecule has 0 unspecified atom stereocenters. The van der Waals surface area contributed by atoms with Crippen LogP contribution in [0.4, 0.5) is 0 Å². The largest absolute Gasteiger partial charge is 0.491 e. The molecule has 0 saturated carbocycles. The maximum Gasteiger partial charge on any atom is 0.244 e. The summed E-state index contributed by atoms with van der Waals surface area (Å²) in [6, 6.07) is 16.7. The van der Waals surface area contributed by atoms with Gasteiger partial charge in [-0.15, -0.1) is 0 Å². The van der Waals surface area contributed by atoms with Crippen LogP contribution >= 0.6 is 12.2 Å². The van der Waals surface area contributed by atoms with Crippen molar-refractivity contribution in [2.24, 2.45) is 5.92 Å². The molecule has 0 heterocycles. The quantitative estimate of drug-likeness (QED) is 0.339. The van der Waals surface area contributed by atoms with Crippen LogP contribution in [0.5, 0.6) is 5.75 Å². The number of carbonyl (C=O) groups excluding carboxylic acids is 1. The number of nitrogens with one attached hydrogen (secondary N) is 2. The molecule has 0 bridgehead atoms. The molecule has 5 nitrogen and oxygen atoms in total. The van der Waals surface area contributed by atoms with Gasteiger partial charge in [0.15, 0.2) is 0 Å². The topological polar surface area (TPSA) is 70.6 Å². The number of amides is 1. The smallest absolute Gasteiger partial charge is 0.244 e. The molecule has 1 atom stereocenters. The molecule has 0 spiro atoms. The second-order valence-electron chi connectivity index (χ2n) is 6.86. The number of ether oxygens (including phenoxy) is 1. The van der Waals surface area contributed by atoms with Crippen LogP contribution in [0, 0.1) is 5.92 Å². The fourth-order valence-corrected chi connectivity index (χ4v) is 2.82. The summed E-state index contributed by atoms with van der Waals surface area (Å²) in [6.45, 7) is 4.58. The molecule has 148 valence electrons. The summed E-state index contributed by atoms with van der Waals surface area (Å²) in [5.41, 5.74) is 3.63. The van der Waals surface area contributed by atoms with E-state index in [0.29, 0.717) is 23.8 Å². The van der Waals surface area contributed by atoms with Gasteiger partial charge in [0.25, 0.3) is 0 Å². The van der Waals surface area contributed by atoms with Gasteiger partial charge >= 0.3 is 0 Å². The summed E-state index contributed by atoms with van der Waals surface area (Å²) < 4.78 is 5.84. The number of rotatable bonds is 9. The number of hydrogen-bond acceptors (Lipinski definition) is 4. The fourth-order valence-electron chi connectivity index (χ4n) is 2.69. The van der Waals surface area contributed by atoms with Gasteiger partial charge < -0.3 is 10.1 Å². The Kier molecular flexibility index (Phi) is 8.65. The molecular formula is C22H26N2O3S. The normalized spacial score (nSPS) is 12.0. The zero-order valence-corrected chi connectivity index (χ0v) is 16.9. The van der Waals surface area contributed by atoms with E-state index in [1.54, 1.807) is 36.4 Å². The van der Waals surface area contributed by atoms with E-state index in [1.165, 1.54) is 0 Å². The van der Waals surface area contributed by atoms with Crippen LogP contribution in [0.3, 0.4) is 0 Å². The number of hydroxylamine groups is 1. The maximum atomic E-state index is 12.3. The summed E-state index contributed by atoms with van der Waals surface area (Å²) in [6.07, 6.45) is 4.14. The Bertz CT molecular complexity index is 789. The van der Waals surface area contributed by atoms with Crippen LogP contribution in [0.15, 0.2) is 60.7 Å². The Morgan fingerprint density at radius 2 is 1.82 bits per heavy atom. The SMILES string of the molecule is CC(C)C[C@@H](COc1ccc(C(=S)NO)cc1)NC(=O)/C=C/c1ccccc1. The van der Waals surface area contributed by atoms with Gasteiger partial charge in [0.05, 0.1) is 6.04 Å². The fraction of sp³-hybridized carbons (Fsp3) is 0.273. The average molecular weight is 399 g/mol. The van der Waals surface area contributed by atoms with E-state index in [2.05, 4.69) is 19.2 Å². The molecule has 1 amide bonds. The van der Waals surface area contributed by atoms with E-state index < -0.39 is 0 Å². The number of hydrogen-bond donors (Lipinski definition) is 3. The molecule has 2 rings (SSSR count). The van der Waals surface area contributed by atoms with Crippen molar-refractivity contribution in [2.75, 3.05) is 6.61 Å². The monoisotopic (exact) mass is 398 g/mol. The van der Waals surface area contributed by atoms with Crippen molar-refractivity contribution in [3.63, 3.8) is 0 Å². The van der Waals surface area contributed by atoms with Gasteiger partial charge in [0.1, 0.15) is 17.3 Å². The van der Waals surface area contributed by atoms with Gasteiger partial charge in [-0.25, -0.2) is 0 Å². The molecule has 2 aromatic rings. The van der Waals surface area contributed by atoms with Gasteiger partial charge in [-0.2, -0.15) is 0 Å². The summed E-state index contributed by atoms with van der Waals surface area (Å²) in [4.78, 5) is 12.5. The predicted molar refractivity (Wildman–Crippen MR) is 115 cm³/mol. The number of benzene rings is 2. The highest BCUT2D eigenvalue weighted by molar-refractivity contribution is 7.80. The lowest BCUT2D eigenvalue weighted by molar-refractivity contribution is -0.117. The van der Waals surface area contributed by atoms with E-state index in [1.807, 2.05) is 35.8 Å². The number of carbonyl (C=O) groups is 1. The highest BCUT2D eigenvalue weighted by Crippen LogP contribution is 2.14. The van der Waals surface area contributed by atoms with Crippen LogP contribution in [0.2, 0.25) is 0 Å². The van der Waals surface area contributed by atoms with Crippen molar-refractivity contribution < 1.29 is 14.7 Å². The maximum absolute atomic E-state index is 12.3. The van der Waals surface area contributed by atoms with Crippen molar-refractivity contribution in [3.05, 3.63) is 71.8 Å². The first kappa shape index (κ1) is 21.6. The van der Waals surface area contributed by atoms with Gasteiger partial charge in [0, 0.05) is 11.6 Å². The summed E-state index contributed by atoms with van der Waals surface area (Å²) in [7, 11) is 0. The van der Waals surface area contributed by atoms with E-state index in [-0.39, 0.29) is 16.9 Å². The van der Waals surface area contributed by atoms with Gasteiger partial charge in [-0.3, -0.25) is 15.5 Å². The zero-order valence-electron chi connectivity index (χ0n) is 16.1. The van der Waals surface area contributed by atoms with Gasteiger partial charge in [-0.1, -0.05) is 56.4 Å². The Hall–Kier alpha value is -2.70. The minimum Gasteiger partial charge on any atom is -0.491 e. The summed E-state index contributed by atoms with van der Waals surface area (Å²) in [5.74, 6) is 0.947. The van der Waals surface area contributed by atoms with Crippen molar-refractivity contribution in [2.45, 2.75) is 26.3 Å². The van der Waals surface area contributed by atoms with Crippen LogP contribution in [-0.2, 0) is 4.79 Å². The van der Waals surface area contributed by atoms with Crippen molar-refractivity contribution in [3.8, 4) is 5.75 Å². The zero-order chi connectivity index (χ0) is 20.4. The first-order valence-electron chi connectivity index (χ1n) is 9.19. The summed E-state index contributed by atoms with van der Waals surface area (Å²) >= 11 is 4.97. The molecule has 28 heavy (non-hydrogen) atoms. The first-order valence-corrected chi connectivity index (χ1v) is 9.59. The Labute approximate surface area is 171 Å². The highest BCUT2D eigenvalue weighted by atomic mass is 32.1. The van der Waals surface area contributed by atoms with E-state index >= 15 is 0 Å². The highest BCUT2D eigenvalue weighted by Gasteiger charge is 2.14. The first-order chi connectivity index (χ1) is 13.5. The van der Waals surface area contributed by atoms with Crippen LogP contribution in [0.1, 0.15) is 31.4 Å². The lowest BCUT2D eigenvalue weighted by Crippen LogP contribution is -2.39. The van der Waals surface area contributed by atoms with E-state index in [9.17, 15) is 4.79 Å². The molecule has 0 aliphatic carbocycles. The molecule has 0 aromatic heterocycles. The van der Waals surface area contributed by atoms with Crippen molar-refractivity contribution in [1.29, 1.82) is 0 Å². The van der Waals surface area contributed by atoms with E-state index in [4.69, 9.17) is 22.2 Å². The van der Waals surface area contributed by atoms with Gasteiger partial charge in [-0.05, 0) is 48.2 Å². The standard InChI is InChI=1S/C22H26N2O3S/c1-16(2)14-19(23-21(25)13-8-17-6-4-3-5-7-17)15-27-20-11-9-18(10-12-20)22(28)24-26/h3-13,16,19,26H,14-15H2,1-2H3,(H,23,25)(H,24,28)/b13-8+/t19-/m0/s1. The van der Waals surface area contributed by atoms with Crippen molar-refractivity contribution in [1.82, 2.24) is 10.8 Å². The minimum absolute atomic E-state index is 0.104. The lowest BCUT2D eigenvalue weighted by atomic mass is 10.0. The average Bonchev–Trinajstić information content (AvgIpc) is 2.70. The second-order valence-corrected chi connectivity index (χ2v) is 7.26. The predicted octanol–water partition coefficient (Wildman–Crippen LogP) is 3.96. The molecule has 0 fully saturated rings.